The van der Waals surface area contributed by atoms with Crippen molar-refractivity contribution in [3.05, 3.63) is 0 Å². The molecule has 0 heterocycles. The Kier molecular flexibility index (Phi) is 6.36. The highest BCUT2D eigenvalue weighted by Crippen LogP contribution is 2.04. The first kappa shape index (κ1) is 10.8. The fraction of sp³-hybridized carbons (Fsp3) is 0.857. The number of ether oxygens (including phenoxy) is 1. The summed E-state index contributed by atoms with van der Waals surface area (Å²) in [6.07, 6.45) is 1.92. The van der Waals surface area contributed by atoms with Crippen molar-refractivity contribution in [3.63, 3.8) is 0 Å². The highest BCUT2D eigenvalue weighted by molar-refractivity contribution is 7.98. The third-order valence-corrected chi connectivity index (χ3v) is 1.87. The van der Waals surface area contributed by atoms with E-state index in [9.17, 15) is 4.79 Å². The smallest absolute Gasteiger partial charge is 0.332 e. The number of hydrogen-bond donors (Lipinski definition) is 1. The molecule has 1 unspecified atom stereocenters. The second-order valence-electron chi connectivity index (χ2n) is 2.06. The van der Waals surface area contributed by atoms with E-state index in [0.29, 0.717) is 13.0 Å². The lowest BCUT2D eigenvalue weighted by Crippen LogP contribution is -2.24. The van der Waals surface area contributed by atoms with Crippen molar-refractivity contribution in [2.45, 2.75) is 19.4 Å². The van der Waals surface area contributed by atoms with Gasteiger partial charge >= 0.3 is 5.97 Å². The van der Waals surface area contributed by atoms with E-state index >= 15 is 0 Å². The molecule has 0 fully saturated rings. The summed E-state index contributed by atoms with van der Waals surface area (Å²) in [5.74, 6) is -0.0300. The van der Waals surface area contributed by atoms with Crippen LogP contribution < -0.4 is 0 Å². The zero-order valence-corrected chi connectivity index (χ0v) is 7.69. The van der Waals surface area contributed by atoms with E-state index in [1.807, 2.05) is 6.26 Å². The maximum Gasteiger partial charge on any atom is 0.332 e. The molecule has 66 valence electrons. The predicted octanol–water partition coefficient (Wildman–Crippen LogP) is 1.23. The van der Waals surface area contributed by atoms with Crippen LogP contribution in [0.15, 0.2) is 0 Å². The summed E-state index contributed by atoms with van der Waals surface area (Å²) >= 11 is 1.63. The first-order valence-electron chi connectivity index (χ1n) is 3.55. The van der Waals surface area contributed by atoms with Crippen LogP contribution in [0.5, 0.6) is 0 Å². The maximum absolute atomic E-state index is 10.5. The molecule has 1 atom stereocenters. The molecule has 0 saturated carbocycles. The van der Waals surface area contributed by atoms with Crippen LogP contribution in [-0.4, -0.2) is 35.8 Å². The van der Waals surface area contributed by atoms with Crippen LogP contribution in [-0.2, 0) is 9.53 Å². The largest absolute Gasteiger partial charge is 0.479 e. The summed E-state index contributed by atoms with van der Waals surface area (Å²) in [6.45, 7) is 2.26. The third-order valence-electron chi connectivity index (χ3n) is 1.23. The number of hydrogen-bond acceptors (Lipinski definition) is 3. The lowest BCUT2D eigenvalue weighted by Gasteiger charge is -2.10. The molecule has 0 amide bonds. The normalized spacial score (nSPS) is 12.9. The first-order valence-corrected chi connectivity index (χ1v) is 4.95. The highest BCUT2D eigenvalue weighted by atomic mass is 32.2. The average Bonchev–Trinajstić information content (AvgIpc) is 1.97. The van der Waals surface area contributed by atoms with E-state index in [0.717, 1.165) is 5.75 Å². The van der Waals surface area contributed by atoms with E-state index in [1.165, 1.54) is 0 Å². The van der Waals surface area contributed by atoms with Crippen molar-refractivity contribution >= 4 is 17.7 Å². The molecule has 4 heteroatoms. The molecule has 0 aromatic heterocycles. The zero-order chi connectivity index (χ0) is 8.69. The monoisotopic (exact) mass is 178 g/mol. The molecule has 0 bridgehead atoms. The molecule has 3 nitrogen and oxygen atoms in total. The summed E-state index contributed by atoms with van der Waals surface area (Å²) in [7, 11) is 0. The summed E-state index contributed by atoms with van der Waals surface area (Å²) in [5.41, 5.74) is 0. The highest BCUT2D eigenvalue weighted by Gasteiger charge is 2.15. The summed E-state index contributed by atoms with van der Waals surface area (Å²) in [6, 6.07) is 0. The van der Waals surface area contributed by atoms with Gasteiger partial charge in [-0.3, -0.25) is 0 Å². The zero-order valence-electron chi connectivity index (χ0n) is 6.87. The molecule has 0 aliphatic heterocycles. The Labute approximate surface area is 71.1 Å². The summed E-state index contributed by atoms with van der Waals surface area (Å²) in [5, 5.41) is 8.60. The predicted molar refractivity (Wildman–Crippen MR) is 46.0 cm³/mol. The van der Waals surface area contributed by atoms with Gasteiger partial charge in [0, 0.05) is 6.61 Å². The molecular formula is C7H14O3S. The Morgan fingerprint density at radius 3 is 2.73 bits per heavy atom. The molecule has 0 spiro atoms. The van der Waals surface area contributed by atoms with Gasteiger partial charge in [-0.05, 0) is 25.4 Å². The Balaban J connectivity index is 3.60. The van der Waals surface area contributed by atoms with Gasteiger partial charge in [-0.2, -0.15) is 11.8 Å². The van der Waals surface area contributed by atoms with Crippen molar-refractivity contribution in [1.29, 1.82) is 0 Å². The molecule has 0 aromatic carbocycles. The van der Waals surface area contributed by atoms with Gasteiger partial charge in [0.1, 0.15) is 0 Å². The molecule has 0 aromatic rings. The van der Waals surface area contributed by atoms with Crippen LogP contribution in [0.3, 0.4) is 0 Å². The van der Waals surface area contributed by atoms with Gasteiger partial charge in [-0.15, -0.1) is 0 Å². The van der Waals surface area contributed by atoms with Gasteiger partial charge < -0.3 is 9.84 Å². The minimum Gasteiger partial charge on any atom is -0.479 e. The maximum atomic E-state index is 10.5. The number of rotatable bonds is 6. The Hall–Kier alpha value is -0.220. The number of carboxylic acids is 1. The molecule has 1 N–H and O–H groups in total. The Morgan fingerprint density at radius 2 is 2.36 bits per heavy atom. The van der Waals surface area contributed by atoms with Gasteiger partial charge in [0.15, 0.2) is 6.10 Å². The van der Waals surface area contributed by atoms with Gasteiger partial charge in [0.2, 0.25) is 0 Å². The number of thioether (sulfide) groups is 1. The van der Waals surface area contributed by atoms with Crippen molar-refractivity contribution < 1.29 is 14.6 Å². The molecule has 0 aliphatic rings. The van der Waals surface area contributed by atoms with Crippen LogP contribution in [0, 0.1) is 0 Å². The van der Waals surface area contributed by atoms with Crippen LogP contribution in [0.1, 0.15) is 13.3 Å². The number of carboxylic acid groups (broad SMARTS) is 1. The summed E-state index contributed by atoms with van der Waals surface area (Å²) < 4.78 is 4.99. The van der Waals surface area contributed by atoms with Crippen LogP contribution in [0.4, 0.5) is 0 Å². The second-order valence-corrected chi connectivity index (χ2v) is 3.05. The molecule has 0 aliphatic carbocycles. The van der Waals surface area contributed by atoms with Gasteiger partial charge in [-0.1, -0.05) is 0 Å². The first-order chi connectivity index (χ1) is 5.22. The lowest BCUT2D eigenvalue weighted by atomic mass is 10.3. The Morgan fingerprint density at radius 1 is 1.73 bits per heavy atom. The fourth-order valence-electron chi connectivity index (χ4n) is 0.704. The SMILES string of the molecule is CCOC(CCSC)C(=O)O. The van der Waals surface area contributed by atoms with Crippen LogP contribution in [0.25, 0.3) is 0 Å². The minimum absolute atomic E-state index is 0.464. The standard InChI is InChI=1S/C7H14O3S/c1-3-10-6(7(8)9)4-5-11-2/h6H,3-5H2,1-2H3,(H,8,9). The molecule has 0 radical (unpaired) electrons. The van der Waals surface area contributed by atoms with Crippen LogP contribution in [0.2, 0.25) is 0 Å². The average molecular weight is 178 g/mol. The number of carbonyl (C=O) groups is 1. The Bertz CT molecular complexity index is 116. The van der Waals surface area contributed by atoms with Gasteiger partial charge in [-0.25, -0.2) is 4.79 Å². The minimum atomic E-state index is -0.860. The van der Waals surface area contributed by atoms with E-state index in [-0.39, 0.29) is 0 Å². The topological polar surface area (TPSA) is 46.5 Å². The summed E-state index contributed by atoms with van der Waals surface area (Å²) in [4.78, 5) is 10.5. The van der Waals surface area contributed by atoms with E-state index in [4.69, 9.17) is 9.84 Å². The van der Waals surface area contributed by atoms with Crippen molar-refractivity contribution in [1.82, 2.24) is 0 Å². The van der Waals surface area contributed by atoms with E-state index in [1.54, 1.807) is 18.7 Å². The number of aliphatic carboxylic acids is 1. The molecular weight excluding hydrogens is 164 g/mol. The van der Waals surface area contributed by atoms with Gasteiger partial charge in [0.05, 0.1) is 0 Å². The third kappa shape index (κ3) is 5.09. The van der Waals surface area contributed by atoms with Crippen LogP contribution >= 0.6 is 11.8 Å². The van der Waals surface area contributed by atoms with Crippen molar-refractivity contribution in [2.24, 2.45) is 0 Å². The molecule has 11 heavy (non-hydrogen) atoms. The second kappa shape index (κ2) is 6.49. The van der Waals surface area contributed by atoms with E-state index < -0.39 is 12.1 Å². The van der Waals surface area contributed by atoms with Gasteiger partial charge in [0.25, 0.3) is 0 Å². The quantitative estimate of drug-likeness (QED) is 0.664. The molecule has 0 saturated heterocycles. The van der Waals surface area contributed by atoms with Crippen molar-refractivity contribution in [3.8, 4) is 0 Å². The van der Waals surface area contributed by atoms with Crippen molar-refractivity contribution in [2.75, 3.05) is 18.6 Å². The molecule has 0 rings (SSSR count). The van der Waals surface area contributed by atoms with E-state index in [2.05, 4.69) is 0 Å². The lowest BCUT2D eigenvalue weighted by molar-refractivity contribution is -0.150. The fourth-order valence-corrected chi connectivity index (χ4v) is 1.15.